The topological polar surface area (TPSA) is 119 Å². The molecule has 1 amide bonds. The van der Waals surface area contributed by atoms with Crippen LogP contribution >= 0.6 is 0 Å². The van der Waals surface area contributed by atoms with Crippen LogP contribution in [0.15, 0.2) is 44.4 Å². The molecule has 33 heavy (non-hydrogen) atoms. The van der Waals surface area contributed by atoms with Crippen molar-refractivity contribution in [2.75, 3.05) is 13.1 Å². The van der Waals surface area contributed by atoms with Crippen LogP contribution in [0.1, 0.15) is 40.6 Å². The van der Waals surface area contributed by atoms with Gasteiger partial charge in [-0.3, -0.25) is 18.7 Å². The zero-order valence-electron chi connectivity index (χ0n) is 18.7. The second-order valence-corrected chi connectivity index (χ2v) is 8.56. The Bertz CT molecular complexity index is 1470. The maximum absolute atomic E-state index is 13.1. The van der Waals surface area contributed by atoms with Gasteiger partial charge in [0.2, 0.25) is 0 Å². The number of aromatic amines is 1. The highest BCUT2D eigenvalue weighted by Gasteiger charge is 2.30. The number of benzene rings is 1. The minimum Gasteiger partial charge on any atom is -0.355 e. The zero-order chi connectivity index (χ0) is 23.3. The summed E-state index contributed by atoms with van der Waals surface area (Å²) in [5, 5.41) is 3.99. The number of H-pyrrole nitrogens is 1. The van der Waals surface area contributed by atoms with Gasteiger partial charge in [0.15, 0.2) is 17.1 Å². The second-order valence-electron chi connectivity index (χ2n) is 8.56. The molecular weight excluding hydrogens is 424 g/mol. The first-order chi connectivity index (χ1) is 15.8. The van der Waals surface area contributed by atoms with Crippen molar-refractivity contribution in [1.82, 2.24) is 29.2 Å². The van der Waals surface area contributed by atoms with Crippen LogP contribution in [-0.4, -0.2) is 48.2 Å². The lowest BCUT2D eigenvalue weighted by Crippen LogP contribution is -2.39. The monoisotopic (exact) mass is 448 g/mol. The standard InChI is InChI=1S/C23H24N6O4/c1-13-6-8-14(9-7-13)17-11-16(26-33-17)21(30)29-10-4-5-15(12-29)19-24-18-20(25-19)27(2)23(32)28(3)22(18)31/h6-9,11,15H,4-5,10,12H2,1-3H3,(H,24,25). The molecule has 1 aliphatic heterocycles. The molecule has 3 aromatic heterocycles. The quantitative estimate of drug-likeness (QED) is 0.512. The van der Waals surface area contributed by atoms with Gasteiger partial charge in [-0.15, -0.1) is 0 Å². The number of aryl methyl sites for hydroxylation is 2. The van der Waals surface area contributed by atoms with E-state index in [1.165, 1.54) is 11.6 Å². The Morgan fingerprint density at radius 1 is 1.15 bits per heavy atom. The molecule has 0 saturated carbocycles. The molecule has 170 valence electrons. The highest BCUT2D eigenvalue weighted by atomic mass is 16.5. The fourth-order valence-electron chi connectivity index (χ4n) is 4.31. The largest absolute Gasteiger partial charge is 0.355 e. The van der Waals surface area contributed by atoms with Crippen molar-refractivity contribution in [3.8, 4) is 11.3 Å². The summed E-state index contributed by atoms with van der Waals surface area (Å²) in [6, 6.07) is 9.48. The Hall–Kier alpha value is -3.95. The van der Waals surface area contributed by atoms with Crippen molar-refractivity contribution >= 4 is 17.1 Å². The number of imidazole rings is 1. The predicted molar refractivity (Wildman–Crippen MR) is 121 cm³/mol. The number of carbonyl (C=O) groups excluding carboxylic acids is 1. The molecule has 0 aliphatic carbocycles. The molecule has 0 bridgehead atoms. The van der Waals surface area contributed by atoms with Gasteiger partial charge in [-0.25, -0.2) is 9.78 Å². The second kappa shape index (κ2) is 7.88. The number of piperidine rings is 1. The van der Waals surface area contributed by atoms with Crippen molar-refractivity contribution < 1.29 is 9.32 Å². The van der Waals surface area contributed by atoms with E-state index < -0.39 is 11.2 Å². The van der Waals surface area contributed by atoms with E-state index in [0.29, 0.717) is 30.3 Å². The van der Waals surface area contributed by atoms with E-state index in [-0.39, 0.29) is 23.0 Å². The number of likely N-dealkylation sites (tertiary alicyclic amines) is 1. The van der Waals surface area contributed by atoms with Crippen LogP contribution < -0.4 is 11.2 Å². The van der Waals surface area contributed by atoms with Gasteiger partial charge in [-0.1, -0.05) is 35.0 Å². The van der Waals surface area contributed by atoms with Crippen LogP contribution in [-0.2, 0) is 14.1 Å². The number of carbonyl (C=O) groups is 1. The van der Waals surface area contributed by atoms with E-state index in [1.807, 2.05) is 31.2 Å². The highest BCUT2D eigenvalue weighted by molar-refractivity contribution is 5.93. The molecule has 10 heteroatoms. The van der Waals surface area contributed by atoms with Crippen molar-refractivity contribution in [1.29, 1.82) is 0 Å². The number of aromatic nitrogens is 5. The first-order valence-electron chi connectivity index (χ1n) is 10.8. The Morgan fingerprint density at radius 2 is 1.91 bits per heavy atom. The lowest BCUT2D eigenvalue weighted by Gasteiger charge is -2.31. The molecule has 4 heterocycles. The summed E-state index contributed by atoms with van der Waals surface area (Å²) < 4.78 is 7.82. The SMILES string of the molecule is Cc1ccc(-c2cc(C(=O)N3CCCC(c4nc5c([nH]4)c(=O)n(C)c(=O)n5C)C3)no2)cc1. The maximum Gasteiger partial charge on any atom is 0.332 e. The fraction of sp³-hybridized carbons (Fsp3) is 0.348. The lowest BCUT2D eigenvalue weighted by atomic mass is 9.97. The summed E-state index contributed by atoms with van der Waals surface area (Å²) in [5.41, 5.74) is 2.02. The highest BCUT2D eigenvalue weighted by Crippen LogP contribution is 2.28. The van der Waals surface area contributed by atoms with Crippen LogP contribution in [0.25, 0.3) is 22.5 Å². The van der Waals surface area contributed by atoms with Gasteiger partial charge in [0.05, 0.1) is 0 Å². The molecule has 10 nitrogen and oxygen atoms in total. The Kier molecular flexibility index (Phi) is 4.99. The van der Waals surface area contributed by atoms with Gasteiger partial charge >= 0.3 is 5.69 Å². The van der Waals surface area contributed by atoms with Gasteiger partial charge in [-0.05, 0) is 19.8 Å². The average molecular weight is 448 g/mol. The molecule has 1 fully saturated rings. The third kappa shape index (κ3) is 3.57. The molecule has 1 aromatic carbocycles. The van der Waals surface area contributed by atoms with Gasteiger partial charge < -0.3 is 14.4 Å². The lowest BCUT2D eigenvalue weighted by molar-refractivity contribution is 0.0694. The van der Waals surface area contributed by atoms with E-state index in [2.05, 4.69) is 15.1 Å². The molecule has 5 rings (SSSR count). The Balaban J connectivity index is 1.39. The van der Waals surface area contributed by atoms with Crippen LogP contribution in [0, 0.1) is 6.92 Å². The smallest absolute Gasteiger partial charge is 0.332 e. The molecule has 1 N–H and O–H groups in total. The molecular formula is C23H24N6O4. The summed E-state index contributed by atoms with van der Waals surface area (Å²) in [7, 11) is 3.02. The first-order valence-corrected chi connectivity index (χ1v) is 10.8. The van der Waals surface area contributed by atoms with Gasteiger partial charge in [-0.2, -0.15) is 0 Å². The fourth-order valence-corrected chi connectivity index (χ4v) is 4.31. The van der Waals surface area contributed by atoms with E-state index >= 15 is 0 Å². The summed E-state index contributed by atoms with van der Waals surface area (Å²) >= 11 is 0. The number of amides is 1. The summed E-state index contributed by atoms with van der Waals surface area (Å²) in [5.74, 6) is 0.849. The zero-order valence-corrected chi connectivity index (χ0v) is 18.7. The first kappa shape index (κ1) is 20.9. The average Bonchev–Trinajstić information content (AvgIpc) is 3.50. The van der Waals surface area contributed by atoms with E-state index in [1.54, 1.807) is 18.0 Å². The molecule has 4 aromatic rings. The van der Waals surface area contributed by atoms with Crippen LogP contribution in [0.4, 0.5) is 0 Å². The predicted octanol–water partition coefficient (Wildman–Crippen LogP) is 1.94. The van der Waals surface area contributed by atoms with E-state index in [0.717, 1.165) is 28.5 Å². The normalized spacial score (nSPS) is 16.5. The van der Waals surface area contributed by atoms with E-state index in [9.17, 15) is 14.4 Å². The van der Waals surface area contributed by atoms with Gasteiger partial charge in [0.1, 0.15) is 11.3 Å². The summed E-state index contributed by atoms with van der Waals surface area (Å²) in [4.78, 5) is 47.2. The van der Waals surface area contributed by atoms with Crippen molar-refractivity contribution in [3.05, 3.63) is 68.3 Å². The summed E-state index contributed by atoms with van der Waals surface area (Å²) in [6.45, 7) is 3.04. The number of nitrogens with zero attached hydrogens (tertiary/aromatic N) is 5. The molecule has 1 unspecified atom stereocenters. The number of fused-ring (bicyclic) bond motifs is 1. The number of nitrogens with one attached hydrogen (secondary N) is 1. The van der Waals surface area contributed by atoms with E-state index in [4.69, 9.17) is 4.52 Å². The van der Waals surface area contributed by atoms with Crippen LogP contribution in [0.5, 0.6) is 0 Å². The van der Waals surface area contributed by atoms with Crippen molar-refractivity contribution in [2.24, 2.45) is 14.1 Å². The molecule has 0 radical (unpaired) electrons. The van der Waals surface area contributed by atoms with Gasteiger partial charge in [0, 0.05) is 44.7 Å². The number of rotatable bonds is 3. The third-order valence-corrected chi connectivity index (χ3v) is 6.27. The minimum atomic E-state index is -0.429. The number of hydrogen-bond acceptors (Lipinski definition) is 6. The Labute approximate surface area is 188 Å². The molecule has 1 atom stereocenters. The van der Waals surface area contributed by atoms with Crippen LogP contribution in [0.3, 0.4) is 0 Å². The Morgan fingerprint density at radius 3 is 2.67 bits per heavy atom. The van der Waals surface area contributed by atoms with Gasteiger partial charge in [0.25, 0.3) is 11.5 Å². The molecule has 1 aliphatic rings. The van der Waals surface area contributed by atoms with Crippen molar-refractivity contribution in [3.63, 3.8) is 0 Å². The molecule has 0 spiro atoms. The third-order valence-electron chi connectivity index (χ3n) is 6.27. The number of hydrogen-bond donors (Lipinski definition) is 1. The minimum absolute atomic E-state index is 0.0848. The van der Waals surface area contributed by atoms with Crippen molar-refractivity contribution in [2.45, 2.75) is 25.7 Å². The summed E-state index contributed by atoms with van der Waals surface area (Å²) in [6.07, 6.45) is 1.60. The van der Waals surface area contributed by atoms with Crippen LogP contribution in [0.2, 0.25) is 0 Å². The molecule has 1 saturated heterocycles. The maximum atomic E-state index is 13.1.